The molecule has 0 aromatic carbocycles. The Hall–Kier alpha value is -2.07. The molecular weight excluding hydrogens is 517 g/mol. The van der Waals surface area contributed by atoms with Crippen LogP contribution in [0.5, 0.6) is 0 Å². The van der Waals surface area contributed by atoms with Crippen LogP contribution in [0.3, 0.4) is 0 Å². The van der Waals surface area contributed by atoms with E-state index in [-0.39, 0.29) is 40.8 Å². The number of aliphatic imine (C=N–C) groups is 1. The van der Waals surface area contributed by atoms with Crippen molar-refractivity contribution >= 4 is 24.9 Å². The fourth-order valence-electron chi connectivity index (χ4n) is 7.24. The van der Waals surface area contributed by atoms with Gasteiger partial charge < -0.3 is 31.4 Å². The Balaban J connectivity index is 1.61. The first-order chi connectivity index (χ1) is 19.4. The lowest BCUT2D eigenvalue weighted by molar-refractivity contribution is -0.199. The topological polar surface area (TPSA) is 141 Å². The Morgan fingerprint density at radius 2 is 1.78 bits per heavy atom. The summed E-state index contributed by atoms with van der Waals surface area (Å²) in [6, 6.07) is -0.676. The van der Waals surface area contributed by atoms with Crippen molar-refractivity contribution < 1.29 is 18.9 Å². The zero-order chi connectivity index (χ0) is 30.2. The molecule has 2 bridgehead atoms. The van der Waals surface area contributed by atoms with Crippen LogP contribution in [0.15, 0.2) is 17.6 Å². The summed E-state index contributed by atoms with van der Waals surface area (Å²) in [5, 5.41) is 6.21. The second-order valence-electron chi connectivity index (χ2n) is 13.7. The standard InChI is InChI=1S/C31H56BN5O4/c1-7-8-9-10-11-12-13-16-27(38)36-23(15-14-17-35-29(33)34)28(39)37-26(18-21(2)3)32-40-25-20-22-19-24(30(22,4)5)31(25,6)41-32/h7,21-26H,1,8-20H2,2-6H3,(H,36,38)(H,37,39)(H4,33,34,35)/t22-,23-,24-,25+,26-,31-/m0/s1. The molecular formula is C31H56BN5O4. The highest BCUT2D eigenvalue weighted by atomic mass is 16.7. The average molecular weight is 574 g/mol. The minimum atomic E-state index is -0.676. The Labute approximate surface area is 248 Å². The smallest absolute Gasteiger partial charge is 0.404 e. The van der Waals surface area contributed by atoms with Crippen molar-refractivity contribution in [3.05, 3.63) is 12.7 Å². The molecule has 1 aliphatic heterocycles. The van der Waals surface area contributed by atoms with Crippen molar-refractivity contribution in [2.45, 2.75) is 135 Å². The molecule has 0 spiro atoms. The van der Waals surface area contributed by atoms with E-state index in [4.69, 9.17) is 20.8 Å². The number of carbonyl (C=O) groups is 2. The van der Waals surface area contributed by atoms with Crippen LogP contribution in [0.25, 0.3) is 0 Å². The summed E-state index contributed by atoms with van der Waals surface area (Å²) in [7, 11) is -0.509. The number of hydrogen-bond donors (Lipinski definition) is 4. The van der Waals surface area contributed by atoms with Gasteiger partial charge in [-0.15, -0.1) is 6.58 Å². The molecule has 1 heterocycles. The summed E-state index contributed by atoms with van der Waals surface area (Å²) in [6.45, 7) is 15.3. The number of nitrogens with two attached hydrogens (primary N) is 2. The molecule has 41 heavy (non-hydrogen) atoms. The lowest BCUT2D eigenvalue weighted by Gasteiger charge is -2.64. The van der Waals surface area contributed by atoms with Gasteiger partial charge in [0.25, 0.3) is 0 Å². The summed E-state index contributed by atoms with van der Waals surface area (Å²) in [6.07, 6.45) is 12.5. The van der Waals surface area contributed by atoms with E-state index >= 15 is 0 Å². The van der Waals surface area contributed by atoms with Gasteiger partial charge in [0.05, 0.1) is 17.6 Å². The van der Waals surface area contributed by atoms with Gasteiger partial charge in [0, 0.05) is 13.0 Å². The van der Waals surface area contributed by atoms with E-state index in [0.717, 1.165) is 51.4 Å². The second kappa shape index (κ2) is 14.9. The lowest BCUT2D eigenvalue weighted by atomic mass is 9.43. The largest absolute Gasteiger partial charge is 0.481 e. The highest BCUT2D eigenvalue weighted by Crippen LogP contribution is 2.65. The van der Waals surface area contributed by atoms with Gasteiger partial charge in [-0.1, -0.05) is 53.0 Å². The van der Waals surface area contributed by atoms with Crippen molar-refractivity contribution in [3.63, 3.8) is 0 Å². The lowest BCUT2D eigenvalue weighted by Crippen LogP contribution is -2.65. The highest BCUT2D eigenvalue weighted by Gasteiger charge is 2.68. The monoisotopic (exact) mass is 573 g/mol. The molecule has 2 amide bonds. The quantitative estimate of drug-likeness (QED) is 0.0636. The first kappa shape index (κ1) is 33.4. The molecule has 4 rings (SSSR count). The molecule has 3 saturated carbocycles. The van der Waals surface area contributed by atoms with Crippen LogP contribution in [0.2, 0.25) is 0 Å². The average Bonchev–Trinajstić information content (AvgIpc) is 3.26. The molecule has 1 saturated heterocycles. The molecule has 6 atom stereocenters. The van der Waals surface area contributed by atoms with Gasteiger partial charge in [0.1, 0.15) is 6.04 Å². The minimum absolute atomic E-state index is 0.0201. The van der Waals surface area contributed by atoms with Crippen LogP contribution in [-0.2, 0) is 18.9 Å². The van der Waals surface area contributed by atoms with Gasteiger partial charge in [0.2, 0.25) is 11.8 Å². The van der Waals surface area contributed by atoms with E-state index in [0.29, 0.717) is 43.6 Å². The van der Waals surface area contributed by atoms with Gasteiger partial charge in [-0.05, 0) is 81.5 Å². The Morgan fingerprint density at radius 3 is 2.44 bits per heavy atom. The molecule has 3 aliphatic carbocycles. The highest BCUT2D eigenvalue weighted by molar-refractivity contribution is 6.48. The minimum Gasteiger partial charge on any atom is -0.404 e. The van der Waals surface area contributed by atoms with Crippen LogP contribution in [0.4, 0.5) is 0 Å². The molecule has 0 aromatic heterocycles. The van der Waals surface area contributed by atoms with Crippen molar-refractivity contribution in [3.8, 4) is 0 Å². The van der Waals surface area contributed by atoms with Gasteiger partial charge >= 0.3 is 7.12 Å². The summed E-state index contributed by atoms with van der Waals surface area (Å²) < 4.78 is 13.3. The fourth-order valence-corrected chi connectivity index (χ4v) is 7.24. The number of guanidine groups is 1. The van der Waals surface area contributed by atoms with Gasteiger partial charge in [0.15, 0.2) is 5.96 Å². The van der Waals surface area contributed by atoms with Crippen molar-refractivity contribution in [1.82, 2.24) is 10.6 Å². The summed E-state index contributed by atoms with van der Waals surface area (Å²) in [5.74, 6) is 0.827. The molecule has 0 aromatic rings. The summed E-state index contributed by atoms with van der Waals surface area (Å²) >= 11 is 0. The van der Waals surface area contributed by atoms with Crippen molar-refractivity contribution in [2.75, 3.05) is 6.54 Å². The zero-order valence-electron chi connectivity index (χ0n) is 26.3. The second-order valence-corrected chi connectivity index (χ2v) is 13.7. The predicted molar refractivity (Wildman–Crippen MR) is 166 cm³/mol. The van der Waals surface area contributed by atoms with E-state index in [1.165, 1.54) is 6.42 Å². The molecule has 4 aliphatic rings. The normalized spacial score (nSPS) is 27.4. The van der Waals surface area contributed by atoms with Gasteiger partial charge in [-0.3, -0.25) is 14.6 Å². The van der Waals surface area contributed by atoms with E-state index in [9.17, 15) is 9.59 Å². The molecule has 6 N–H and O–H groups in total. The maximum atomic E-state index is 13.7. The van der Waals surface area contributed by atoms with Crippen molar-refractivity contribution in [1.29, 1.82) is 0 Å². The number of nitrogens with zero attached hydrogens (tertiary/aromatic N) is 1. The fraction of sp³-hybridized carbons (Fsp3) is 0.839. The van der Waals surface area contributed by atoms with Crippen molar-refractivity contribution in [2.24, 2.45) is 39.6 Å². The first-order valence-corrected chi connectivity index (χ1v) is 16.0. The van der Waals surface area contributed by atoms with E-state index < -0.39 is 13.2 Å². The Morgan fingerprint density at radius 1 is 1.07 bits per heavy atom. The maximum Gasteiger partial charge on any atom is 0.481 e. The zero-order valence-corrected chi connectivity index (χ0v) is 26.3. The number of nitrogens with one attached hydrogen (secondary N) is 2. The Kier molecular flexibility index (Phi) is 12.2. The molecule has 4 fully saturated rings. The number of allylic oxidation sites excluding steroid dienone is 1. The van der Waals surface area contributed by atoms with Crippen LogP contribution in [0, 0.1) is 23.2 Å². The third-order valence-corrected chi connectivity index (χ3v) is 9.76. The molecule has 9 nitrogen and oxygen atoms in total. The predicted octanol–water partition coefficient (Wildman–Crippen LogP) is 4.24. The number of carbonyl (C=O) groups excluding carboxylic acids is 2. The molecule has 0 unspecified atom stereocenters. The first-order valence-electron chi connectivity index (χ1n) is 16.0. The number of unbranched alkanes of at least 4 members (excludes halogenated alkanes) is 5. The van der Waals surface area contributed by atoms with Gasteiger partial charge in [-0.2, -0.15) is 0 Å². The van der Waals surface area contributed by atoms with E-state index in [1.54, 1.807) is 0 Å². The van der Waals surface area contributed by atoms with Crippen LogP contribution in [-0.4, -0.2) is 55.1 Å². The molecule has 0 radical (unpaired) electrons. The van der Waals surface area contributed by atoms with Crippen LogP contribution in [0.1, 0.15) is 112 Å². The van der Waals surface area contributed by atoms with Gasteiger partial charge in [-0.25, -0.2) is 0 Å². The van der Waals surface area contributed by atoms with Crippen LogP contribution >= 0.6 is 0 Å². The third-order valence-electron chi connectivity index (χ3n) is 9.76. The Bertz CT molecular complexity index is 924. The van der Waals surface area contributed by atoms with E-state index in [2.05, 4.69) is 56.8 Å². The molecule has 232 valence electrons. The number of hydrogen-bond acceptors (Lipinski definition) is 5. The van der Waals surface area contributed by atoms with Crippen LogP contribution < -0.4 is 22.1 Å². The summed E-state index contributed by atoms with van der Waals surface area (Å²) in [5.41, 5.74) is 10.9. The van der Waals surface area contributed by atoms with E-state index in [1.807, 2.05) is 6.08 Å². The maximum absolute atomic E-state index is 13.7. The SMILES string of the molecule is C=CCCCCCCCC(=O)N[C@@H](CCCN=C(N)N)C(=O)N[C@@H](CC(C)C)B1O[C@@H]2C[C@@H]3C[C@@H](C3(C)C)[C@]2(C)O1. The third kappa shape index (κ3) is 8.72. The molecule has 10 heteroatoms. The number of amides is 2. The summed E-state index contributed by atoms with van der Waals surface area (Å²) in [4.78, 5) is 30.6. The number of rotatable bonds is 18.